The summed E-state index contributed by atoms with van der Waals surface area (Å²) in [7, 11) is 3.30. The van der Waals surface area contributed by atoms with E-state index in [1.807, 2.05) is 63.2 Å². The van der Waals surface area contributed by atoms with Crippen LogP contribution >= 0.6 is 0 Å². The van der Waals surface area contributed by atoms with Gasteiger partial charge in [-0.15, -0.1) is 0 Å². The number of amides is 1. The number of aryl methyl sites for hydroxylation is 3. The van der Waals surface area contributed by atoms with E-state index in [-0.39, 0.29) is 5.91 Å². The Kier molecular flexibility index (Phi) is 6.85. The van der Waals surface area contributed by atoms with E-state index in [0.29, 0.717) is 0 Å². The van der Waals surface area contributed by atoms with Gasteiger partial charge in [0.15, 0.2) is 0 Å². The normalized spacial score (nSPS) is 11.5. The molecule has 0 aliphatic carbocycles. The Hall–Kier alpha value is -3.47. The van der Waals surface area contributed by atoms with E-state index in [1.165, 1.54) is 5.56 Å². The highest BCUT2D eigenvalue weighted by Crippen LogP contribution is 2.33. The van der Waals surface area contributed by atoms with Crippen molar-refractivity contribution in [1.29, 1.82) is 0 Å². The van der Waals surface area contributed by atoms with Crippen LogP contribution in [0.2, 0.25) is 0 Å². The van der Waals surface area contributed by atoms with Gasteiger partial charge in [0.1, 0.15) is 17.5 Å². The SMILES string of the molecule is COc1ccc(-c2cc(N[C@@H](C)C(=O)Nc3c(C)cc(C)cc3C)ccc2OC)cc1. The molecule has 3 aromatic carbocycles. The van der Waals surface area contributed by atoms with Crippen molar-refractivity contribution in [1.82, 2.24) is 0 Å². The summed E-state index contributed by atoms with van der Waals surface area (Å²) < 4.78 is 10.8. The number of benzene rings is 3. The van der Waals surface area contributed by atoms with Crippen molar-refractivity contribution in [2.75, 3.05) is 24.9 Å². The number of anilines is 2. The Bertz CT molecular complexity index is 1050. The molecular formula is C26H30N2O3. The summed E-state index contributed by atoms with van der Waals surface area (Å²) in [5, 5.41) is 6.37. The highest BCUT2D eigenvalue weighted by atomic mass is 16.5. The molecule has 0 saturated carbocycles. The van der Waals surface area contributed by atoms with Crippen molar-refractivity contribution in [3.05, 3.63) is 71.3 Å². The number of carbonyl (C=O) groups excluding carboxylic acids is 1. The summed E-state index contributed by atoms with van der Waals surface area (Å²) in [6, 6.07) is 17.3. The molecule has 162 valence electrons. The maximum Gasteiger partial charge on any atom is 0.246 e. The predicted molar refractivity (Wildman–Crippen MR) is 127 cm³/mol. The second-order valence-electron chi connectivity index (χ2n) is 7.77. The van der Waals surface area contributed by atoms with Gasteiger partial charge in [-0.05, 0) is 74.7 Å². The van der Waals surface area contributed by atoms with Crippen LogP contribution in [0.25, 0.3) is 11.1 Å². The molecule has 0 radical (unpaired) electrons. The van der Waals surface area contributed by atoms with Crippen molar-refractivity contribution in [2.45, 2.75) is 33.7 Å². The van der Waals surface area contributed by atoms with Crippen molar-refractivity contribution >= 4 is 17.3 Å². The first-order chi connectivity index (χ1) is 14.8. The first kappa shape index (κ1) is 22.2. The second kappa shape index (κ2) is 9.56. The maximum absolute atomic E-state index is 12.8. The van der Waals surface area contributed by atoms with Gasteiger partial charge in [-0.25, -0.2) is 0 Å². The van der Waals surface area contributed by atoms with Gasteiger partial charge >= 0.3 is 0 Å². The second-order valence-corrected chi connectivity index (χ2v) is 7.77. The molecule has 0 aliphatic heterocycles. The van der Waals surface area contributed by atoms with Crippen molar-refractivity contribution in [3.8, 4) is 22.6 Å². The Morgan fingerprint density at radius 3 is 2.10 bits per heavy atom. The predicted octanol–water partition coefficient (Wildman–Crippen LogP) is 5.74. The van der Waals surface area contributed by atoms with E-state index in [2.05, 4.69) is 29.7 Å². The Morgan fingerprint density at radius 2 is 1.52 bits per heavy atom. The lowest BCUT2D eigenvalue weighted by atomic mass is 10.0. The average molecular weight is 419 g/mol. The van der Waals surface area contributed by atoms with Crippen LogP contribution in [0.1, 0.15) is 23.6 Å². The molecule has 1 amide bonds. The van der Waals surface area contributed by atoms with Gasteiger partial charge in [0.2, 0.25) is 5.91 Å². The van der Waals surface area contributed by atoms with Crippen LogP contribution < -0.4 is 20.1 Å². The lowest BCUT2D eigenvalue weighted by molar-refractivity contribution is -0.116. The topological polar surface area (TPSA) is 59.6 Å². The zero-order valence-corrected chi connectivity index (χ0v) is 19.0. The summed E-state index contributed by atoms with van der Waals surface area (Å²) in [5.74, 6) is 1.47. The van der Waals surface area contributed by atoms with Crippen LogP contribution in [0.5, 0.6) is 11.5 Å². The monoisotopic (exact) mass is 418 g/mol. The zero-order valence-electron chi connectivity index (χ0n) is 19.0. The van der Waals surface area contributed by atoms with E-state index >= 15 is 0 Å². The zero-order chi connectivity index (χ0) is 22.5. The first-order valence-corrected chi connectivity index (χ1v) is 10.3. The van der Waals surface area contributed by atoms with Gasteiger partial charge < -0.3 is 20.1 Å². The molecule has 0 aromatic heterocycles. The maximum atomic E-state index is 12.8. The van der Waals surface area contributed by atoms with Gasteiger partial charge in [0.25, 0.3) is 0 Å². The lowest BCUT2D eigenvalue weighted by Gasteiger charge is -2.19. The van der Waals surface area contributed by atoms with Crippen LogP contribution in [-0.4, -0.2) is 26.2 Å². The first-order valence-electron chi connectivity index (χ1n) is 10.3. The molecule has 3 aromatic rings. The molecule has 5 heteroatoms. The fourth-order valence-electron chi connectivity index (χ4n) is 3.72. The van der Waals surface area contributed by atoms with Crippen LogP contribution in [0, 0.1) is 20.8 Å². The number of rotatable bonds is 7. The lowest BCUT2D eigenvalue weighted by Crippen LogP contribution is -2.32. The molecule has 5 nitrogen and oxygen atoms in total. The van der Waals surface area contributed by atoms with Crippen LogP contribution in [-0.2, 0) is 4.79 Å². The minimum atomic E-state index is -0.419. The summed E-state index contributed by atoms with van der Waals surface area (Å²) in [6.45, 7) is 7.93. The van der Waals surface area contributed by atoms with E-state index in [0.717, 1.165) is 45.1 Å². The Labute approximate surface area is 184 Å². The summed E-state index contributed by atoms with van der Waals surface area (Å²) in [5.41, 5.74) is 6.96. The number of hydrogen-bond donors (Lipinski definition) is 2. The smallest absolute Gasteiger partial charge is 0.246 e. The van der Waals surface area contributed by atoms with Gasteiger partial charge in [0.05, 0.1) is 14.2 Å². The minimum absolute atomic E-state index is 0.0862. The standard InChI is InChI=1S/C26H30N2O3/c1-16-13-17(2)25(18(3)14-16)28-26(29)19(4)27-21-9-12-24(31-6)23(15-21)20-7-10-22(30-5)11-8-20/h7-15,19,27H,1-6H3,(H,28,29)/t19-/m0/s1. The Balaban J connectivity index is 1.79. The summed E-state index contributed by atoms with van der Waals surface area (Å²) >= 11 is 0. The van der Waals surface area contributed by atoms with Crippen LogP contribution in [0.3, 0.4) is 0 Å². The summed E-state index contributed by atoms with van der Waals surface area (Å²) in [4.78, 5) is 12.8. The minimum Gasteiger partial charge on any atom is -0.497 e. The van der Waals surface area contributed by atoms with E-state index in [1.54, 1.807) is 14.2 Å². The number of carbonyl (C=O) groups is 1. The fourth-order valence-corrected chi connectivity index (χ4v) is 3.72. The number of ether oxygens (including phenoxy) is 2. The molecule has 0 bridgehead atoms. The number of nitrogens with one attached hydrogen (secondary N) is 2. The summed E-state index contributed by atoms with van der Waals surface area (Å²) in [6.07, 6.45) is 0. The van der Waals surface area contributed by atoms with Crippen molar-refractivity contribution < 1.29 is 14.3 Å². The number of hydrogen-bond acceptors (Lipinski definition) is 4. The molecule has 0 unspecified atom stereocenters. The third-order valence-electron chi connectivity index (χ3n) is 5.30. The quantitative estimate of drug-likeness (QED) is 0.514. The average Bonchev–Trinajstić information content (AvgIpc) is 2.76. The largest absolute Gasteiger partial charge is 0.497 e. The third kappa shape index (κ3) is 5.18. The van der Waals surface area contributed by atoms with Gasteiger partial charge in [-0.3, -0.25) is 4.79 Å². The molecule has 31 heavy (non-hydrogen) atoms. The molecule has 1 atom stereocenters. The highest BCUT2D eigenvalue weighted by Gasteiger charge is 2.16. The third-order valence-corrected chi connectivity index (χ3v) is 5.30. The van der Waals surface area contributed by atoms with Gasteiger partial charge in [0, 0.05) is 16.9 Å². The highest BCUT2D eigenvalue weighted by molar-refractivity contribution is 5.97. The molecule has 2 N–H and O–H groups in total. The van der Waals surface area contributed by atoms with Gasteiger partial charge in [-0.1, -0.05) is 29.8 Å². The van der Waals surface area contributed by atoms with Crippen molar-refractivity contribution in [3.63, 3.8) is 0 Å². The molecule has 0 heterocycles. The molecule has 0 aliphatic rings. The Morgan fingerprint density at radius 1 is 0.871 bits per heavy atom. The molecule has 3 rings (SSSR count). The molecular weight excluding hydrogens is 388 g/mol. The fraction of sp³-hybridized carbons (Fsp3) is 0.269. The van der Waals surface area contributed by atoms with Crippen LogP contribution in [0.4, 0.5) is 11.4 Å². The van der Waals surface area contributed by atoms with Gasteiger partial charge in [-0.2, -0.15) is 0 Å². The van der Waals surface area contributed by atoms with E-state index in [9.17, 15) is 4.79 Å². The van der Waals surface area contributed by atoms with Crippen LogP contribution in [0.15, 0.2) is 54.6 Å². The molecule has 0 fully saturated rings. The van der Waals surface area contributed by atoms with E-state index < -0.39 is 6.04 Å². The molecule has 0 saturated heterocycles. The molecule has 0 spiro atoms. The number of methoxy groups -OCH3 is 2. The van der Waals surface area contributed by atoms with E-state index in [4.69, 9.17) is 9.47 Å². The van der Waals surface area contributed by atoms with Crippen molar-refractivity contribution in [2.24, 2.45) is 0 Å².